The number of benzene rings is 2. The Labute approximate surface area is 191 Å². The Balaban J connectivity index is 1.40. The lowest BCUT2D eigenvalue weighted by atomic mass is 10.1. The summed E-state index contributed by atoms with van der Waals surface area (Å²) in [6.45, 7) is 0. The van der Waals surface area contributed by atoms with E-state index >= 15 is 0 Å². The number of carbonyl (C=O) groups excluding carboxylic acids is 1. The van der Waals surface area contributed by atoms with Crippen LogP contribution in [0.2, 0.25) is 10.0 Å². The number of furan rings is 1. The molecule has 0 spiro atoms. The van der Waals surface area contributed by atoms with Gasteiger partial charge in [0, 0.05) is 23.5 Å². The molecule has 32 heavy (non-hydrogen) atoms. The largest absolute Gasteiger partial charge is 0.507 e. The van der Waals surface area contributed by atoms with Crippen molar-refractivity contribution in [2.75, 3.05) is 5.32 Å². The second-order valence-electron chi connectivity index (χ2n) is 6.84. The lowest BCUT2D eigenvalue weighted by Gasteiger charge is -2.06. The van der Waals surface area contributed by atoms with Crippen LogP contribution in [0.15, 0.2) is 75.8 Å². The van der Waals surface area contributed by atoms with Gasteiger partial charge < -0.3 is 19.3 Å². The lowest BCUT2D eigenvalue weighted by molar-refractivity contribution is 0.0997. The van der Waals surface area contributed by atoms with E-state index in [0.29, 0.717) is 43.7 Å². The summed E-state index contributed by atoms with van der Waals surface area (Å²) in [5.41, 5.74) is 2.54. The van der Waals surface area contributed by atoms with Crippen LogP contribution in [0, 0.1) is 0 Å². The van der Waals surface area contributed by atoms with Gasteiger partial charge in [0.2, 0.25) is 5.89 Å². The molecule has 1 amide bonds. The first-order valence-electron chi connectivity index (χ1n) is 9.38. The van der Waals surface area contributed by atoms with Crippen molar-refractivity contribution < 1.29 is 18.7 Å². The van der Waals surface area contributed by atoms with Crippen molar-refractivity contribution in [3.63, 3.8) is 0 Å². The minimum Gasteiger partial charge on any atom is -0.507 e. The molecule has 0 saturated carbocycles. The molecule has 0 aliphatic carbocycles. The van der Waals surface area contributed by atoms with Gasteiger partial charge >= 0.3 is 0 Å². The normalized spacial score (nSPS) is 11.1. The molecular weight excluding hydrogens is 453 g/mol. The molecule has 0 radical (unpaired) electrons. The maximum Gasteiger partial charge on any atom is 0.291 e. The fourth-order valence-corrected chi connectivity index (χ4v) is 3.44. The van der Waals surface area contributed by atoms with Crippen LogP contribution in [0.5, 0.6) is 5.75 Å². The van der Waals surface area contributed by atoms with E-state index in [4.69, 9.17) is 32.0 Å². The number of phenolic OH excluding ortho intramolecular Hbond substituents is 1. The molecule has 0 aliphatic rings. The van der Waals surface area contributed by atoms with Gasteiger partial charge in [-0.25, -0.2) is 4.98 Å². The van der Waals surface area contributed by atoms with Gasteiger partial charge in [-0.2, -0.15) is 0 Å². The topological polar surface area (TPSA) is 101 Å². The molecule has 0 saturated heterocycles. The average molecular weight is 466 g/mol. The number of rotatable bonds is 4. The first-order valence-corrected chi connectivity index (χ1v) is 10.1. The van der Waals surface area contributed by atoms with E-state index < -0.39 is 5.91 Å². The van der Waals surface area contributed by atoms with E-state index in [1.807, 2.05) is 0 Å². The standard InChI is InChI=1S/C23H13Cl2N3O4/c24-15-3-1-12(9-16(15)25)19-5-6-21(31-19)22(30)27-13-2-4-18(29)14(10-13)23-28-17-11-26-8-7-20(17)32-23/h1-11,29H,(H,27,30). The first-order chi connectivity index (χ1) is 15.5. The number of amides is 1. The second-order valence-corrected chi connectivity index (χ2v) is 7.66. The van der Waals surface area contributed by atoms with Crippen molar-refractivity contribution in [3.05, 3.63) is 82.8 Å². The van der Waals surface area contributed by atoms with Crippen molar-refractivity contribution >= 4 is 45.9 Å². The van der Waals surface area contributed by atoms with E-state index in [1.165, 1.54) is 6.07 Å². The van der Waals surface area contributed by atoms with Crippen LogP contribution in [0.4, 0.5) is 5.69 Å². The highest BCUT2D eigenvalue weighted by atomic mass is 35.5. The van der Waals surface area contributed by atoms with Crippen LogP contribution >= 0.6 is 23.2 Å². The summed E-state index contributed by atoms with van der Waals surface area (Å²) in [6, 6.07) is 14.5. The number of aromatic hydroxyl groups is 1. The molecule has 0 bridgehead atoms. The number of nitrogens with zero attached hydrogens (tertiary/aromatic N) is 2. The number of anilines is 1. The van der Waals surface area contributed by atoms with Crippen molar-refractivity contribution in [3.8, 4) is 28.5 Å². The highest BCUT2D eigenvalue weighted by Crippen LogP contribution is 2.34. The monoisotopic (exact) mass is 465 g/mol. The molecule has 5 aromatic rings. The van der Waals surface area contributed by atoms with E-state index in [1.54, 1.807) is 60.9 Å². The number of pyridine rings is 1. The number of carbonyl (C=O) groups is 1. The van der Waals surface area contributed by atoms with Gasteiger partial charge in [-0.05, 0) is 48.5 Å². The molecule has 9 heteroatoms. The zero-order valence-corrected chi connectivity index (χ0v) is 17.7. The summed E-state index contributed by atoms with van der Waals surface area (Å²) in [7, 11) is 0. The number of fused-ring (bicyclic) bond motifs is 1. The molecule has 2 N–H and O–H groups in total. The summed E-state index contributed by atoms with van der Waals surface area (Å²) in [4.78, 5) is 21.0. The minimum atomic E-state index is -0.463. The van der Waals surface area contributed by atoms with Gasteiger partial charge in [0.05, 0.1) is 21.8 Å². The van der Waals surface area contributed by atoms with Crippen LogP contribution in [-0.4, -0.2) is 21.0 Å². The summed E-state index contributed by atoms with van der Waals surface area (Å²) in [5.74, 6) is 0.285. The first kappa shape index (κ1) is 20.1. The summed E-state index contributed by atoms with van der Waals surface area (Å²) < 4.78 is 11.4. The third kappa shape index (κ3) is 3.79. The van der Waals surface area contributed by atoms with Crippen LogP contribution in [0.3, 0.4) is 0 Å². The van der Waals surface area contributed by atoms with Gasteiger partial charge in [-0.15, -0.1) is 0 Å². The Bertz CT molecular complexity index is 1440. The molecule has 0 atom stereocenters. The van der Waals surface area contributed by atoms with Gasteiger partial charge in [-0.3, -0.25) is 9.78 Å². The third-order valence-corrected chi connectivity index (χ3v) is 5.45. The number of halogens is 2. The molecule has 7 nitrogen and oxygen atoms in total. The van der Waals surface area contributed by atoms with Crippen LogP contribution < -0.4 is 5.32 Å². The van der Waals surface area contributed by atoms with E-state index in [9.17, 15) is 9.90 Å². The second kappa shape index (κ2) is 8.03. The molecule has 2 aromatic carbocycles. The van der Waals surface area contributed by atoms with Crippen molar-refractivity contribution in [1.82, 2.24) is 9.97 Å². The number of oxazole rings is 1. The van der Waals surface area contributed by atoms with Gasteiger partial charge in [-0.1, -0.05) is 23.2 Å². The zero-order valence-electron chi connectivity index (χ0n) is 16.2. The average Bonchev–Trinajstić information content (AvgIpc) is 3.44. The van der Waals surface area contributed by atoms with Gasteiger partial charge in [0.25, 0.3) is 5.91 Å². The number of hydrogen-bond acceptors (Lipinski definition) is 6. The van der Waals surface area contributed by atoms with Crippen molar-refractivity contribution in [2.45, 2.75) is 0 Å². The lowest BCUT2D eigenvalue weighted by Crippen LogP contribution is -2.10. The maximum absolute atomic E-state index is 12.7. The van der Waals surface area contributed by atoms with E-state index in [2.05, 4.69) is 15.3 Å². The maximum atomic E-state index is 12.7. The number of aromatic nitrogens is 2. The SMILES string of the molecule is O=C(Nc1ccc(O)c(-c2nc3cnccc3o2)c1)c1ccc(-c2ccc(Cl)c(Cl)c2)o1. The highest BCUT2D eigenvalue weighted by molar-refractivity contribution is 6.42. The Morgan fingerprint density at radius 1 is 0.969 bits per heavy atom. The smallest absolute Gasteiger partial charge is 0.291 e. The number of phenols is 1. The Kier molecular flexibility index (Phi) is 5.05. The summed E-state index contributed by atoms with van der Waals surface area (Å²) in [6.07, 6.45) is 3.15. The fraction of sp³-hybridized carbons (Fsp3) is 0. The highest BCUT2D eigenvalue weighted by Gasteiger charge is 2.17. The van der Waals surface area contributed by atoms with E-state index in [-0.39, 0.29) is 17.4 Å². The Morgan fingerprint density at radius 2 is 1.84 bits per heavy atom. The molecule has 158 valence electrons. The van der Waals surface area contributed by atoms with Crippen LogP contribution in [-0.2, 0) is 0 Å². The van der Waals surface area contributed by atoms with Gasteiger partial charge in [0.1, 0.15) is 17.0 Å². The predicted octanol–water partition coefficient (Wildman–Crippen LogP) is 6.41. The predicted molar refractivity (Wildman–Crippen MR) is 121 cm³/mol. The van der Waals surface area contributed by atoms with Crippen LogP contribution in [0.1, 0.15) is 10.6 Å². The molecule has 0 fully saturated rings. The third-order valence-electron chi connectivity index (χ3n) is 4.71. The van der Waals surface area contributed by atoms with Crippen molar-refractivity contribution in [1.29, 1.82) is 0 Å². The Hall–Kier alpha value is -3.81. The molecular formula is C23H13Cl2N3O4. The van der Waals surface area contributed by atoms with Crippen LogP contribution in [0.25, 0.3) is 33.9 Å². The quantitative estimate of drug-likeness (QED) is 0.297. The summed E-state index contributed by atoms with van der Waals surface area (Å²) >= 11 is 12.0. The summed E-state index contributed by atoms with van der Waals surface area (Å²) in [5, 5.41) is 13.8. The molecule has 0 unspecified atom stereocenters. The fourth-order valence-electron chi connectivity index (χ4n) is 3.14. The Morgan fingerprint density at radius 3 is 2.66 bits per heavy atom. The molecule has 0 aliphatic heterocycles. The van der Waals surface area contributed by atoms with Gasteiger partial charge in [0.15, 0.2) is 11.3 Å². The zero-order chi connectivity index (χ0) is 22.2. The van der Waals surface area contributed by atoms with E-state index in [0.717, 1.165) is 0 Å². The van der Waals surface area contributed by atoms with Crippen molar-refractivity contribution in [2.24, 2.45) is 0 Å². The molecule has 5 rings (SSSR count). The molecule has 3 heterocycles. The number of hydrogen-bond donors (Lipinski definition) is 2. The molecule has 3 aromatic heterocycles. The minimum absolute atomic E-state index is 0.0394. The number of nitrogens with one attached hydrogen (secondary N) is 1.